The van der Waals surface area contributed by atoms with Crippen molar-refractivity contribution in [3.05, 3.63) is 197 Å². The number of rotatable bonds is 3. The van der Waals surface area contributed by atoms with Crippen LogP contribution >= 0.6 is 0 Å². The zero-order valence-electron chi connectivity index (χ0n) is 32.8. The summed E-state index contributed by atoms with van der Waals surface area (Å²) in [5.74, 6) is 0. The van der Waals surface area contributed by atoms with Gasteiger partial charge in [0, 0.05) is 16.2 Å². The van der Waals surface area contributed by atoms with Crippen LogP contribution in [0, 0.1) is 12.3 Å². The van der Waals surface area contributed by atoms with Gasteiger partial charge in [-0.05, 0) is 122 Å². The lowest BCUT2D eigenvalue weighted by atomic mass is 9.78. The Hall–Kier alpha value is -6.55. The van der Waals surface area contributed by atoms with E-state index >= 15 is 0 Å². The number of nitrogens with one attached hydrogen (secondary N) is 1. The van der Waals surface area contributed by atoms with Crippen molar-refractivity contribution < 1.29 is 4.42 Å². The van der Waals surface area contributed by atoms with Gasteiger partial charge in [-0.2, -0.15) is 0 Å². The first kappa shape index (κ1) is 36.1. The van der Waals surface area contributed by atoms with Crippen LogP contribution in [0.4, 0.5) is 0 Å². The smallest absolute Gasteiger partial charge is 0.135 e. The molecule has 0 radical (unpaired) electrons. The molecule has 8 aromatic carbocycles. The third kappa shape index (κ3) is 6.07. The number of allylic oxidation sites excluding steroid dienone is 4. The zero-order chi connectivity index (χ0) is 39.3. The largest absolute Gasteiger partial charge is 0.456 e. The molecule has 2 aliphatic carbocycles. The van der Waals surface area contributed by atoms with Crippen molar-refractivity contribution in [2.24, 2.45) is 5.73 Å². The minimum absolute atomic E-state index is 0.00583. The fourth-order valence-electron chi connectivity index (χ4n) is 9.33. The van der Waals surface area contributed by atoms with Gasteiger partial charge < -0.3 is 15.6 Å². The van der Waals surface area contributed by atoms with E-state index in [9.17, 15) is 0 Å². The molecule has 3 heteroatoms. The molecular formula is C54H46N2O. The van der Waals surface area contributed by atoms with Gasteiger partial charge in [0.05, 0.1) is 6.04 Å². The van der Waals surface area contributed by atoms with Crippen LogP contribution in [-0.4, -0.2) is 6.72 Å². The topological polar surface area (TPSA) is 63.0 Å². The summed E-state index contributed by atoms with van der Waals surface area (Å²) < 4.78 is 6.45. The molecule has 57 heavy (non-hydrogen) atoms. The highest BCUT2D eigenvalue weighted by molar-refractivity contribution is 6.25. The summed E-state index contributed by atoms with van der Waals surface area (Å²) in [5.41, 5.74) is 20.6. The molecule has 11 rings (SSSR count). The SMILES string of the molecule is C=N.CC1(C)C2=C(C=CCC2)c2ccc(C(N)c3cccc4oc5ccc(-c6ccc7c8ccccc8c8ccccc8c7c6)cc5c34)cc21.Cc1ccccc1. The summed E-state index contributed by atoms with van der Waals surface area (Å²) >= 11 is 0. The average Bonchev–Trinajstić information content (AvgIpc) is 3.76. The van der Waals surface area contributed by atoms with Crippen LogP contribution in [0.25, 0.3) is 71.0 Å². The molecule has 0 bridgehead atoms. The average molecular weight is 739 g/mol. The molecule has 2 aliphatic rings. The molecule has 1 heterocycles. The number of furan rings is 1. The molecular weight excluding hydrogens is 693 g/mol. The van der Waals surface area contributed by atoms with Crippen LogP contribution in [0.3, 0.4) is 0 Å². The maximum Gasteiger partial charge on any atom is 0.135 e. The maximum atomic E-state index is 7.20. The Morgan fingerprint density at radius 3 is 1.89 bits per heavy atom. The molecule has 0 aliphatic heterocycles. The minimum atomic E-state index is -0.284. The van der Waals surface area contributed by atoms with Gasteiger partial charge >= 0.3 is 0 Å². The Balaban J connectivity index is 0.000000422. The summed E-state index contributed by atoms with van der Waals surface area (Å²) in [4.78, 5) is 0. The second-order valence-corrected chi connectivity index (χ2v) is 15.8. The van der Waals surface area contributed by atoms with Crippen molar-refractivity contribution in [2.75, 3.05) is 0 Å². The highest BCUT2D eigenvalue weighted by Gasteiger charge is 2.37. The minimum Gasteiger partial charge on any atom is -0.456 e. The molecule has 1 aromatic heterocycles. The van der Waals surface area contributed by atoms with Gasteiger partial charge in [0.2, 0.25) is 0 Å². The summed E-state index contributed by atoms with van der Waals surface area (Å²) in [5, 5.41) is 15.4. The van der Waals surface area contributed by atoms with Crippen LogP contribution in [-0.2, 0) is 5.41 Å². The Morgan fingerprint density at radius 2 is 1.23 bits per heavy atom. The lowest BCUT2D eigenvalue weighted by molar-refractivity contribution is 0.606. The monoisotopic (exact) mass is 738 g/mol. The fourth-order valence-corrected chi connectivity index (χ4v) is 9.33. The number of fused-ring (bicyclic) bond motifs is 11. The van der Waals surface area contributed by atoms with E-state index in [0.29, 0.717) is 0 Å². The van der Waals surface area contributed by atoms with E-state index in [4.69, 9.17) is 15.6 Å². The first-order chi connectivity index (χ1) is 27.9. The summed E-state index contributed by atoms with van der Waals surface area (Å²) in [6.07, 6.45) is 6.88. The van der Waals surface area contributed by atoms with E-state index in [0.717, 1.165) is 51.5 Å². The van der Waals surface area contributed by atoms with Crippen molar-refractivity contribution >= 4 is 66.5 Å². The molecule has 0 saturated heterocycles. The molecule has 3 N–H and O–H groups in total. The number of hydrogen-bond acceptors (Lipinski definition) is 3. The van der Waals surface area contributed by atoms with E-state index < -0.39 is 0 Å². The van der Waals surface area contributed by atoms with E-state index in [1.165, 1.54) is 60.1 Å². The van der Waals surface area contributed by atoms with Gasteiger partial charge in [0.25, 0.3) is 0 Å². The van der Waals surface area contributed by atoms with Crippen molar-refractivity contribution in [2.45, 2.75) is 45.1 Å². The molecule has 0 fully saturated rings. The van der Waals surface area contributed by atoms with Gasteiger partial charge in [-0.15, -0.1) is 0 Å². The number of hydrogen-bond donors (Lipinski definition) is 2. The van der Waals surface area contributed by atoms with E-state index in [-0.39, 0.29) is 11.5 Å². The van der Waals surface area contributed by atoms with E-state index in [1.54, 1.807) is 5.57 Å². The Kier molecular flexibility index (Phi) is 9.19. The van der Waals surface area contributed by atoms with Gasteiger partial charge in [-0.1, -0.05) is 165 Å². The van der Waals surface area contributed by atoms with Gasteiger partial charge in [-0.3, -0.25) is 0 Å². The van der Waals surface area contributed by atoms with Gasteiger partial charge in [0.1, 0.15) is 11.2 Å². The Labute approximate surface area is 334 Å². The molecule has 278 valence electrons. The highest BCUT2D eigenvalue weighted by Crippen LogP contribution is 2.51. The van der Waals surface area contributed by atoms with Crippen molar-refractivity contribution in [3.8, 4) is 11.1 Å². The lowest BCUT2D eigenvalue weighted by Crippen LogP contribution is -2.19. The van der Waals surface area contributed by atoms with Crippen LogP contribution in [0.5, 0.6) is 0 Å². The quantitative estimate of drug-likeness (QED) is 0.140. The standard InChI is InChI=1S/C46H35NO.C7H8.CH3N/c1-46(2)40-16-8-7-14-35(40)36-22-19-29(26-41(36)46)45(47)37-15-9-17-43-44(37)39-25-28(20-23-42(39)48-43)27-18-21-34-32-12-4-3-10-30(32)31-11-5-6-13-33(31)38(34)24-27;1-7-5-3-2-4-6-7;1-2/h3-7,9-15,17-26,45H,8,16,47H2,1-2H3;2-6H,1H3;2H,1H2. The zero-order valence-corrected chi connectivity index (χ0v) is 32.8. The lowest BCUT2D eigenvalue weighted by Gasteiger charge is -2.26. The van der Waals surface area contributed by atoms with Crippen molar-refractivity contribution in [1.29, 1.82) is 5.41 Å². The summed E-state index contributed by atoms with van der Waals surface area (Å²) in [6.45, 7) is 9.32. The van der Waals surface area contributed by atoms with E-state index in [1.807, 2.05) is 18.2 Å². The molecule has 1 atom stereocenters. The molecule has 0 spiro atoms. The van der Waals surface area contributed by atoms with Crippen molar-refractivity contribution in [1.82, 2.24) is 0 Å². The highest BCUT2D eigenvalue weighted by atomic mass is 16.3. The number of nitrogens with two attached hydrogens (primary N) is 1. The number of benzene rings is 8. The first-order valence-corrected chi connectivity index (χ1v) is 19.8. The molecule has 0 amide bonds. The number of aryl methyl sites for hydroxylation is 1. The summed E-state index contributed by atoms with van der Waals surface area (Å²) in [6, 6.07) is 54.2. The third-order valence-corrected chi connectivity index (χ3v) is 12.2. The summed E-state index contributed by atoms with van der Waals surface area (Å²) in [7, 11) is 0. The molecule has 9 aromatic rings. The third-order valence-electron chi connectivity index (χ3n) is 12.2. The Morgan fingerprint density at radius 1 is 0.614 bits per heavy atom. The van der Waals surface area contributed by atoms with Crippen LogP contribution < -0.4 is 5.73 Å². The van der Waals surface area contributed by atoms with Gasteiger partial charge in [0.15, 0.2) is 0 Å². The van der Waals surface area contributed by atoms with E-state index in [2.05, 4.69) is 173 Å². The van der Waals surface area contributed by atoms with Crippen LogP contribution in [0.15, 0.2) is 174 Å². The maximum absolute atomic E-state index is 7.20. The van der Waals surface area contributed by atoms with Crippen LogP contribution in [0.2, 0.25) is 0 Å². The van der Waals surface area contributed by atoms with Gasteiger partial charge in [-0.25, -0.2) is 0 Å². The fraction of sp³-hybridized carbons (Fsp3) is 0.130. The second kappa shape index (κ2) is 14.5. The first-order valence-electron chi connectivity index (χ1n) is 19.8. The molecule has 3 nitrogen and oxygen atoms in total. The molecule has 0 saturated carbocycles. The van der Waals surface area contributed by atoms with Crippen LogP contribution in [0.1, 0.15) is 60.5 Å². The molecule has 1 unspecified atom stereocenters. The predicted octanol–water partition coefficient (Wildman–Crippen LogP) is 14.4. The Bertz CT molecular complexity index is 3020. The van der Waals surface area contributed by atoms with Crippen molar-refractivity contribution in [3.63, 3.8) is 0 Å². The second-order valence-electron chi connectivity index (χ2n) is 15.8. The predicted molar refractivity (Wildman–Crippen MR) is 243 cm³/mol. The normalized spacial score (nSPS) is 14.6.